The van der Waals surface area contributed by atoms with Crippen molar-refractivity contribution in [3.05, 3.63) is 60.5 Å². The highest BCUT2D eigenvalue weighted by atomic mass is 35.5. The molecule has 1 fully saturated rings. The Hall–Kier alpha value is -2.17. The first-order valence-corrected chi connectivity index (χ1v) is 7.10. The van der Waals surface area contributed by atoms with Crippen molar-refractivity contribution in [1.82, 2.24) is 15.5 Å². The van der Waals surface area contributed by atoms with Crippen LogP contribution < -0.4 is 5.32 Å². The largest absolute Gasteiger partial charge is 0.339 e. The molecule has 1 aliphatic heterocycles. The van der Waals surface area contributed by atoms with E-state index >= 15 is 0 Å². The molecule has 0 amide bonds. The van der Waals surface area contributed by atoms with Gasteiger partial charge in [-0.2, -0.15) is 4.98 Å². The van der Waals surface area contributed by atoms with Gasteiger partial charge in [0.1, 0.15) is 0 Å². The fraction of sp³-hybridized carbons (Fsp3) is 0.176. The van der Waals surface area contributed by atoms with Crippen LogP contribution in [0.3, 0.4) is 0 Å². The summed E-state index contributed by atoms with van der Waals surface area (Å²) in [6, 6.07) is 18.6. The molecular weight excluding hydrogens is 298 g/mol. The number of halogens is 1. The average molecular weight is 314 g/mol. The highest BCUT2D eigenvalue weighted by Crippen LogP contribution is 2.25. The lowest BCUT2D eigenvalue weighted by atomic mass is 10.0. The van der Waals surface area contributed by atoms with Crippen LogP contribution in [0.5, 0.6) is 0 Å². The van der Waals surface area contributed by atoms with Crippen molar-refractivity contribution in [2.24, 2.45) is 0 Å². The standard InChI is InChI=1S/C17H15N3O.ClH/c1-2-4-12(5-3-1)13-6-8-14(9-7-13)16-19-17(21-20-16)15-10-18-11-15;/h1-9,15,18H,10-11H2;1H. The van der Waals surface area contributed by atoms with Crippen LogP contribution in [0.25, 0.3) is 22.5 Å². The van der Waals surface area contributed by atoms with Crippen LogP contribution in [-0.2, 0) is 0 Å². The molecule has 1 aromatic heterocycles. The van der Waals surface area contributed by atoms with Gasteiger partial charge in [0.2, 0.25) is 11.7 Å². The van der Waals surface area contributed by atoms with Crippen molar-refractivity contribution in [1.29, 1.82) is 0 Å². The van der Waals surface area contributed by atoms with E-state index in [2.05, 4.69) is 39.7 Å². The monoisotopic (exact) mass is 313 g/mol. The van der Waals surface area contributed by atoms with Gasteiger partial charge in [0.25, 0.3) is 0 Å². The Balaban J connectivity index is 0.00000144. The summed E-state index contributed by atoms with van der Waals surface area (Å²) < 4.78 is 5.34. The highest BCUT2D eigenvalue weighted by molar-refractivity contribution is 5.85. The van der Waals surface area contributed by atoms with Crippen LogP contribution in [0.1, 0.15) is 11.8 Å². The Labute approximate surface area is 135 Å². The molecule has 2 aromatic carbocycles. The normalized spacial score (nSPS) is 14.2. The van der Waals surface area contributed by atoms with E-state index in [9.17, 15) is 0 Å². The highest BCUT2D eigenvalue weighted by Gasteiger charge is 2.25. The van der Waals surface area contributed by atoms with E-state index in [4.69, 9.17) is 4.52 Å². The fourth-order valence-electron chi connectivity index (χ4n) is 2.42. The van der Waals surface area contributed by atoms with Gasteiger partial charge < -0.3 is 9.84 Å². The van der Waals surface area contributed by atoms with Gasteiger partial charge in [0.05, 0.1) is 5.92 Å². The van der Waals surface area contributed by atoms with Gasteiger partial charge in [-0.3, -0.25) is 0 Å². The third-order valence-corrected chi connectivity index (χ3v) is 3.82. The molecule has 4 nitrogen and oxygen atoms in total. The molecule has 1 N–H and O–H groups in total. The molecule has 0 saturated carbocycles. The van der Waals surface area contributed by atoms with Crippen LogP contribution >= 0.6 is 12.4 Å². The van der Waals surface area contributed by atoms with Crippen molar-refractivity contribution in [3.63, 3.8) is 0 Å². The topological polar surface area (TPSA) is 51.0 Å². The van der Waals surface area contributed by atoms with E-state index in [1.165, 1.54) is 11.1 Å². The summed E-state index contributed by atoms with van der Waals surface area (Å²) in [6.45, 7) is 1.85. The minimum Gasteiger partial charge on any atom is -0.339 e. The van der Waals surface area contributed by atoms with Crippen molar-refractivity contribution < 1.29 is 4.52 Å². The van der Waals surface area contributed by atoms with Crippen LogP contribution in [0.4, 0.5) is 0 Å². The third kappa shape index (κ3) is 2.75. The zero-order valence-electron chi connectivity index (χ0n) is 11.9. The summed E-state index contributed by atoms with van der Waals surface area (Å²) >= 11 is 0. The van der Waals surface area contributed by atoms with Gasteiger partial charge in [-0.25, -0.2) is 0 Å². The van der Waals surface area contributed by atoms with Crippen LogP contribution in [-0.4, -0.2) is 23.2 Å². The van der Waals surface area contributed by atoms with E-state index in [0.717, 1.165) is 24.5 Å². The van der Waals surface area contributed by atoms with E-state index in [1.807, 2.05) is 30.3 Å². The predicted octanol–water partition coefficient (Wildman–Crippen LogP) is 3.51. The van der Waals surface area contributed by atoms with E-state index < -0.39 is 0 Å². The molecule has 0 bridgehead atoms. The lowest BCUT2D eigenvalue weighted by Gasteiger charge is -2.22. The second-order valence-corrected chi connectivity index (χ2v) is 5.25. The number of benzene rings is 2. The lowest BCUT2D eigenvalue weighted by molar-refractivity contribution is 0.308. The quantitative estimate of drug-likeness (QED) is 0.804. The van der Waals surface area contributed by atoms with E-state index in [-0.39, 0.29) is 12.4 Å². The maximum absolute atomic E-state index is 5.34. The maximum Gasteiger partial charge on any atom is 0.232 e. The number of hydrogen-bond donors (Lipinski definition) is 1. The Morgan fingerprint density at radius 2 is 1.50 bits per heavy atom. The first-order valence-electron chi connectivity index (χ1n) is 7.10. The summed E-state index contributed by atoms with van der Waals surface area (Å²) in [5.74, 6) is 1.77. The SMILES string of the molecule is Cl.c1ccc(-c2ccc(-c3noc(C4CNC4)n3)cc2)cc1. The first-order chi connectivity index (χ1) is 10.4. The number of aromatic nitrogens is 2. The van der Waals surface area contributed by atoms with Gasteiger partial charge in [0.15, 0.2) is 0 Å². The average Bonchev–Trinajstić information content (AvgIpc) is 2.96. The van der Waals surface area contributed by atoms with E-state index in [1.54, 1.807) is 0 Å². The molecule has 0 aliphatic carbocycles. The molecule has 0 spiro atoms. The summed E-state index contributed by atoms with van der Waals surface area (Å²) in [7, 11) is 0. The molecule has 0 unspecified atom stereocenters. The molecule has 1 aliphatic rings. The Bertz CT molecular complexity index is 736. The number of rotatable bonds is 3. The summed E-state index contributed by atoms with van der Waals surface area (Å²) in [6.07, 6.45) is 0. The zero-order valence-corrected chi connectivity index (χ0v) is 12.7. The minimum absolute atomic E-state index is 0. The smallest absolute Gasteiger partial charge is 0.232 e. The second kappa shape index (κ2) is 6.30. The van der Waals surface area contributed by atoms with Gasteiger partial charge in [-0.15, -0.1) is 12.4 Å². The van der Waals surface area contributed by atoms with Crippen LogP contribution in [0, 0.1) is 0 Å². The molecule has 22 heavy (non-hydrogen) atoms. The van der Waals surface area contributed by atoms with Gasteiger partial charge in [0, 0.05) is 18.7 Å². The summed E-state index contributed by atoms with van der Waals surface area (Å²) in [5, 5.41) is 7.28. The third-order valence-electron chi connectivity index (χ3n) is 3.82. The minimum atomic E-state index is 0. The molecule has 0 radical (unpaired) electrons. The van der Waals surface area contributed by atoms with Gasteiger partial charge >= 0.3 is 0 Å². The molecule has 3 aromatic rings. The fourth-order valence-corrected chi connectivity index (χ4v) is 2.42. The Kier molecular flexibility index (Phi) is 4.22. The molecule has 2 heterocycles. The molecule has 5 heteroatoms. The molecule has 1 saturated heterocycles. The molecule has 112 valence electrons. The Morgan fingerprint density at radius 1 is 0.864 bits per heavy atom. The molecule has 4 rings (SSSR count). The van der Waals surface area contributed by atoms with Crippen molar-refractivity contribution in [3.8, 4) is 22.5 Å². The van der Waals surface area contributed by atoms with Crippen molar-refractivity contribution in [2.45, 2.75) is 5.92 Å². The van der Waals surface area contributed by atoms with Crippen molar-refractivity contribution in [2.75, 3.05) is 13.1 Å². The maximum atomic E-state index is 5.34. The number of hydrogen-bond acceptors (Lipinski definition) is 4. The van der Waals surface area contributed by atoms with Crippen molar-refractivity contribution >= 4 is 12.4 Å². The second-order valence-electron chi connectivity index (χ2n) is 5.25. The zero-order chi connectivity index (χ0) is 14.1. The summed E-state index contributed by atoms with van der Waals surface area (Å²) in [5.41, 5.74) is 3.38. The first kappa shape index (κ1) is 14.8. The Morgan fingerprint density at radius 3 is 2.14 bits per heavy atom. The molecule has 0 atom stereocenters. The van der Waals surface area contributed by atoms with Crippen LogP contribution in [0.15, 0.2) is 59.1 Å². The van der Waals surface area contributed by atoms with E-state index in [0.29, 0.717) is 11.7 Å². The molecular formula is C17H16ClN3O. The van der Waals surface area contributed by atoms with Gasteiger partial charge in [-0.05, 0) is 11.1 Å². The van der Waals surface area contributed by atoms with Gasteiger partial charge in [-0.1, -0.05) is 59.8 Å². The number of nitrogens with zero attached hydrogens (tertiary/aromatic N) is 2. The summed E-state index contributed by atoms with van der Waals surface area (Å²) in [4.78, 5) is 4.49. The number of nitrogens with one attached hydrogen (secondary N) is 1. The predicted molar refractivity (Wildman–Crippen MR) is 88.0 cm³/mol. The lowest BCUT2D eigenvalue weighted by Crippen LogP contribution is -2.40. The van der Waals surface area contributed by atoms with Crippen LogP contribution in [0.2, 0.25) is 0 Å².